The number of hydrogen-bond donors (Lipinski definition) is 1. The van der Waals surface area contributed by atoms with Crippen LogP contribution < -0.4 is 10.1 Å². The van der Waals surface area contributed by atoms with Crippen LogP contribution in [0.5, 0.6) is 5.75 Å². The van der Waals surface area contributed by atoms with Crippen LogP contribution in [-0.2, 0) is 6.42 Å². The maximum Gasteiger partial charge on any atom is 0.121 e. The van der Waals surface area contributed by atoms with E-state index in [0.717, 1.165) is 36.6 Å². The first-order chi connectivity index (χ1) is 9.17. The molecule has 4 heteroatoms. The second kappa shape index (κ2) is 6.06. The lowest BCUT2D eigenvalue weighted by Crippen LogP contribution is -2.18. The minimum atomic E-state index is 0.412. The number of ether oxygens (including phenoxy) is 1. The summed E-state index contributed by atoms with van der Waals surface area (Å²) in [6, 6.07) is 6.51. The topological polar surface area (TPSA) is 39.1 Å². The van der Waals surface area contributed by atoms with E-state index in [-0.39, 0.29) is 0 Å². The van der Waals surface area contributed by atoms with Crippen LogP contribution in [0.4, 0.5) is 0 Å². The van der Waals surface area contributed by atoms with Gasteiger partial charge >= 0.3 is 0 Å². The van der Waals surface area contributed by atoms with Crippen LogP contribution in [0.15, 0.2) is 18.2 Å². The second-order valence-corrected chi connectivity index (χ2v) is 4.95. The van der Waals surface area contributed by atoms with Crippen molar-refractivity contribution >= 4 is 11.0 Å². The molecule has 0 atom stereocenters. The van der Waals surface area contributed by atoms with Crippen LogP contribution in [0, 0.1) is 0 Å². The zero-order valence-electron chi connectivity index (χ0n) is 12.2. The fourth-order valence-electron chi connectivity index (χ4n) is 2.38. The predicted octanol–water partition coefficient (Wildman–Crippen LogP) is 2.78. The maximum atomic E-state index is 5.27. The second-order valence-electron chi connectivity index (χ2n) is 4.95. The van der Waals surface area contributed by atoms with Crippen molar-refractivity contribution in [2.24, 2.45) is 0 Å². The Balaban J connectivity index is 2.40. The van der Waals surface area contributed by atoms with Gasteiger partial charge in [0.15, 0.2) is 0 Å². The fraction of sp³-hybridized carbons (Fsp3) is 0.533. The van der Waals surface area contributed by atoms with Gasteiger partial charge in [-0.25, -0.2) is 4.98 Å². The number of aromatic nitrogens is 2. The molecule has 1 heterocycles. The van der Waals surface area contributed by atoms with Crippen molar-refractivity contribution in [2.75, 3.05) is 20.2 Å². The Kier molecular flexibility index (Phi) is 4.43. The lowest BCUT2D eigenvalue weighted by atomic mass is 10.2. The van der Waals surface area contributed by atoms with Gasteiger partial charge in [-0.2, -0.15) is 0 Å². The number of nitrogens with one attached hydrogen (secondary N) is 1. The summed E-state index contributed by atoms with van der Waals surface area (Å²) in [5.74, 6) is 2.00. The minimum absolute atomic E-state index is 0.412. The smallest absolute Gasteiger partial charge is 0.121 e. The van der Waals surface area contributed by atoms with Crippen LogP contribution in [0.1, 0.15) is 32.6 Å². The Morgan fingerprint density at radius 2 is 2.16 bits per heavy atom. The third-order valence-corrected chi connectivity index (χ3v) is 3.26. The van der Waals surface area contributed by atoms with E-state index >= 15 is 0 Å². The van der Waals surface area contributed by atoms with Crippen molar-refractivity contribution in [1.29, 1.82) is 0 Å². The third kappa shape index (κ3) is 2.89. The molecular formula is C15H23N3O. The van der Waals surface area contributed by atoms with Gasteiger partial charge in [0, 0.05) is 25.1 Å². The Bertz CT molecular complexity index is 546. The molecule has 19 heavy (non-hydrogen) atoms. The minimum Gasteiger partial charge on any atom is -0.497 e. The Labute approximate surface area is 114 Å². The first kappa shape index (κ1) is 13.9. The number of methoxy groups -OCH3 is 1. The molecule has 1 aromatic heterocycles. The highest BCUT2D eigenvalue weighted by Crippen LogP contribution is 2.25. The normalized spacial score (nSPS) is 11.4. The van der Waals surface area contributed by atoms with Gasteiger partial charge in [-0.3, -0.25) is 0 Å². The van der Waals surface area contributed by atoms with Gasteiger partial charge < -0.3 is 14.6 Å². The molecule has 2 aromatic rings. The van der Waals surface area contributed by atoms with E-state index in [1.807, 2.05) is 12.1 Å². The molecule has 104 valence electrons. The van der Waals surface area contributed by atoms with Crippen molar-refractivity contribution in [3.63, 3.8) is 0 Å². The molecule has 2 rings (SSSR count). The highest BCUT2D eigenvalue weighted by Gasteiger charge is 2.13. The molecule has 0 unspecified atom stereocenters. The van der Waals surface area contributed by atoms with E-state index in [1.54, 1.807) is 7.11 Å². The summed E-state index contributed by atoms with van der Waals surface area (Å²) >= 11 is 0. The Hall–Kier alpha value is -1.55. The van der Waals surface area contributed by atoms with Crippen LogP contribution in [0.25, 0.3) is 11.0 Å². The zero-order chi connectivity index (χ0) is 13.8. The summed E-state index contributed by atoms with van der Waals surface area (Å²) in [7, 11) is 1.69. The molecule has 0 bridgehead atoms. The molecule has 0 fully saturated rings. The highest BCUT2D eigenvalue weighted by molar-refractivity contribution is 5.78. The number of imidazole rings is 1. The van der Waals surface area contributed by atoms with Crippen molar-refractivity contribution in [1.82, 2.24) is 14.9 Å². The number of rotatable bonds is 6. The average Bonchev–Trinajstić information content (AvgIpc) is 2.76. The lowest BCUT2D eigenvalue weighted by Gasteiger charge is -2.13. The predicted molar refractivity (Wildman–Crippen MR) is 78.9 cm³/mol. The summed E-state index contributed by atoms with van der Waals surface area (Å²) in [5, 5.41) is 3.35. The number of fused-ring (bicyclic) bond motifs is 1. The van der Waals surface area contributed by atoms with Gasteiger partial charge in [0.2, 0.25) is 0 Å². The summed E-state index contributed by atoms with van der Waals surface area (Å²) in [4.78, 5) is 4.76. The van der Waals surface area contributed by atoms with Crippen LogP contribution in [-0.4, -0.2) is 29.8 Å². The molecule has 0 aliphatic heterocycles. The number of hydrogen-bond acceptors (Lipinski definition) is 3. The molecule has 0 aliphatic rings. The molecule has 0 spiro atoms. The molecule has 1 aromatic carbocycles. The summed E-state index contributed by atoms with van der Waals surface area (Å²) in [5.41, 5.74) is 2.20. The highest BCUT2D eigenvalue weighted by atomic mass is 16.5. The van der Waals surface area contributed by atoms with Crippen LogP contribution >= 0.6 is 0 Å². The van der Waals surface area contributed by atoms with E-state index in [1.165, 1.54) is 5.52 Å². The van der Waals surface area contributed by atoms with Crippen molar-refractivity contribution in [2.45, 2.75) is 33.2 Å². The number of likely N-dealkylation sites (N-methyl/N-ethyl adjacent to an activating group) is 1. The van der Waals surface area contributed by atoms with Crippen LogP contribution in [0.2, 0.25) is 0 Å². The molecule has 0 saturated carbocycles. The molecule has 0 radical (unpaired) electrons. The third-order valence-electron chi connectivity index (χ3n) is 3.26. The van der Waals surface area contributed by atoms with E-state index in [0.29, 0.717) is 6.04 Å². The van der Waals surface area contributed by atoms with Gasteiger partial charge in [-0.15, -0.1) is 0 Å². The van der Waals surface area contributed by atoms with Gasteiger partial charge in [0.05, 0.1) is 18.1 Å². The van der Waals surface area contributed by atoms with Gasteiger partial charge in [0.1, 0.15) is 11.6 Å². The molecule has 0 amide bonds. The first-order valence-electron chi connectivity index (χ1n) is 6.93. The maximum absolute atomic E-state index is 5.27. The molecule has 4 nitrogen and oxygen atoms in total. The SMILES string of the molecule is CCNCCc1nc2cc(OC)ccc2n1C(C)C. The Morgan fingerprint density at radius 3 is 2.79 bits per heavy atom. The van der Waals surface area contributed by atoms with E-state index in [4.69, 9.17) is 9.72 Å². The number of benzene rings is 1. The first-order valence-corrected chi connectivity index (χ1v) is 6.93. The van der Waals surface area contributed by atoms with Crippen LogP contribution in [0.3, 0.4) is 0 Å². The van der Waals surface area contributed by atoms with Crippen molar-refractivity contribution in [3.8, 4) is 5.75 Å². The molecule has 1 N–H and O–H groups in total. The summed E-state index contributed by atoms with van der Waals surface area (Å²) in [6.45, 7) is 8.47. The molecule has 0 aliphatic carbocycles. The van der Waals surface area contributed by atoms with Gasteiger partial charge in [-0.1, -0.05) is 6.92 Å². The van der Waals surface area contributed by atoms with Crippen molar-refractivity contribution in [3.05, 3.63) is 24.0 Å². The van der Waals surface area contributed by atoms with Crippen molar-refractivity contribution < 1.29 is 4.74 Å². The summed E-state index contributed by atoms with van der Waals surface area (Å²) in [6.07, 6.45) is 0.947. The summed E-state index contributed by atoms with van der Waals surface area (Å²) < 4.78 is 7.58. The van der Waals surface area contributed by atoms with Gasteiger partial charge in [0.25, 0.3) is 0 Å². The largest absolute Gasteiger partial charge is 0.497 e. The fourth-order valence-corrected chi connectivity index (χ4v) is 2.38. The van der Waals surface area contributed by atoms with E-state index in [2.05, 4.69) is 36.7 Å². The molecule has 0 saturated heterocycles. The monoisotopic (exact) mass is 261 g/mol. The average molecular weight is 261 g/mol. The standard InChI is InChI=1S/C15H23N3O/c1-5-16-9-8-15-17-13-10-12(19-4)6-7-14(13)18(15)11(2)3/h6-7,10-11,16H,5,8-9H2,1-4H3. The lowest BCUT2D eigenvalue weighted by molar-refractivity contribution is 0.415. The number of nitrogens with zero attached hydrogens (tertiary/aromatic N) is 2. The Morgan fingerprint density at radius 1 is 1.37 bits per heavy atom. The van der Waals surface area contributed by atoms with E-state index in [9.17, 15) is 0 Å². The zero-order valence-corrected chi connectivity index (χ0v) is 12.2. The van der Waals surface area contributed by atoms with E-state index < -0.39 is 0 Å². The quantitative estimate of drug-likeness (QED) is 0.813. The van der Waals surface area contributed by atoms with Gasteiger partial charge in [-0.05, 0) is 32.5 Å². The molecular weight excluding hydrogens is 238 g/mol.